The Labute approximate surface area is 116 Å². The number of hydrogen-bond acceptors (Lipinski definition) is 4. The number of ether oxygens (including phenoxy) is 1. The Kier molecular flexibility index (Phi) is 3.54. The van der Waals surface area contributed by atoms with Crippen molar-refractivity contribution < 1.29 is 14.6 Å². The van der Waals surface area contributed by atoms with Crippen LogP contribution in [-0.4, -0.2) is 39.1 Å². The van der Waals surface area contributed by atoms with Crippen LogP contribution in [0.15, 0.2) is 11.4 Å². The average molecular weight is 282 g/mol. The topological polar surface area (TPSA) is 64.3 Å². The van der Waals surface area contributed by atoms with E-state index in [1.54, 1.807) is 0 Å². The van der Waals surface area contributed by atoms with Gasteiger partial charge in [0.15, 0.2) is 5.16 Å². The van der Waals surface area contributed by atoms with Crippen molar-refractivity contribution in [2.24, 2.45) is 5.92 Å². The van der Waals surface area contributed by atoms with Gasteiger partial charge in [0, 0.05) is 12.8 Å². The molecular weight excluding hydrogens is 264 g/mol. The molecule has 0 radical (unpaired) electrons. The summed E-state index contributed by atoms with van der Waals surface area (Å²) in [5.41, 5.74) is 0.939. The summed E-state index contributed by atoms with van der Waals surface area (Å²) in [5.74, 6) is -0.0656. The highest BCUT2D eigenvalue weighted by molar-refractivity contribution is 7.99. The van der Waals surface area contributed by atoms with Crippen molar-refractivity contribution in [3.05, 3.63) is 11.9 Å². The summed E-state index contributed by atoms with van der Waals surface area (Å²) in [6.45, 7) is 2.75. The van der Waals surface area contributed by atoms with E-state index in [0.717, 1.165) is 23.9 Å². The normalized spacial score (nSPS) is 26.8. The van der Waals surface area contributed by atoms with Crippen molar-refractivity contribution in [2.75, 3.05) is 12.4 Å². The largest absolute Gasteiger partial charge is 0.481 e. The first-order valence-corrected chi connectivity index (χ1v) is 7.65. The molecule has 2 aliphatic rings. The van der Waals surface area contributed by atoms with Gasteiger partial charge in [0.25, 0.3) is 0 Å². The van der Waals surface area contributed by atoms with Gasteiger partial charge in [-0.3, -0.25) is 4.79 Å². The quantitative estimate of drug-likeness (QED) is 0.838. The maximum absolute atomic E-state index is 10.7. The molecule has 104 valence electrons. The predicted molar refractivity (Wildman–Crippen MR) is 71.4 cm³/mol. The molecule has 0 aromatic carbocycles. The average Bonchev–Trinajstić information content (AvgIpc) is 2.97. The van der Waals surface area contributed by atoms with Crippen LogP contribution in [0.5, 0.6) is 0 Å². The maximum Gasteiger partial charge on any atom is 0.313 e. The summed E-state index contributed by atoms with van der Waals surface area (Å²) < 4.78 is 8.00. The smallest absolute Gasteiger partial charge is 0.313 e. The number of aliphatic carboxylic acids is 1. The molecule has 1 aromatic heterocycles. The number of carboxylic acid groups (broad SMARTS) is 1. The summed E-state index contributed by atoms with van der Waals surface area (Å²) in [6, 6.07) is 0.324. The molecule has 1 aromatic rings. The molecule has 2 unspecified atom stereocenters. The summed E-state index contributed by atoms with van der Waals surface area (Å²) in [4.78, 5) is 15.2. The number of imidazole rings is 1. The van der Waals surface area contributed by atoms with E-state index in [0.29, 0.717) is 12.0 Å². The van der Waals surface area contributed by atoms with Crippen molar-refractivity contribution >= 4 is 17.7 Å². The van der Waals surface area contributed by atoms with Crippen molar-refractivity contribution in [2.45, 2.75) is 43.5 Å². The van der Waals surface area contributed by atoms with Gasteiger partial charge in [-0.1, -0.05) is 11.8 Å². The SMILES string of the molecule is Cc1cn(C2CCOC2C2CC2)c(SCC(=O)O)n1. The molecule has 0 bridgehead atoms. The number of nitrogens with zero attached hydrogens (tertiary/aromatic N) is 2. The number of rotatable bonds is 5. The molecule has 2 atom stereocenters. The number of thioether (sulfide) groups is 1. The molecule has 1 saturated heterocycles. The Morgan fingerprint density at radius 2 is 2.37 bits per heavy atom. The van der Waals surface area contributed by atoms with Crippen molar-refractivity contribution in [1.82, 2.24) is 9.55 Å². The zero-order chi connectivity index (χ0) is 13.4. The molecular formula is C13H18N2O3S. The first-order chi connectivity index (χ1) is 9.15. The lowest BCUT2D eigenvalue weighted by molar-refractivity contribution is -0.133. The van der Waals surface area contributed by atoms with E-state index in [1.807, 2.05) is 13.1 Å². The molecule has 1 saturated carbocycles. The summed E-state index contributed by atoms with van der Waals surface area (Å²) in [7, 11) is 0. The lowest BCUT2D eigenvalue weighted by Gasteiger charge is -2.21. The van der Waals surface area contributed by atoms with Gasteiger partial charge in [-0.15, -0.1) is 0 Å². The molecule has 5 nitrogen and oxygen atoms in total. The molecule has 1 aliphatic heterocycles. The fourth-order valence-electron chi connectivity index (χ4n) is 2.74. The monoisotopic (exact) mass is 282 g/mol. The Hall–Kier alpha value is -1.01. The van der Waals surface area contributed by atoms with Crippen LogP contribution in [0, 0.1) is 12.8 Å². The van der Waals surface area contributed by atoms with Crippen LogP contribution in [-0.2, 0) is 9.53 Å². The van der Waals surface area contributed by atoms with Crippen LogP contribution in [0.25, 0.3) is 0 Å². The molecule has 1 N–H and O–H groups in total. The third-order valence-corrected chi connectivity index (χ3v) is 4.64. The minimum atomic E-state index is -0.807. The van der Waals surface area contributed by atoms with Crippen LogP contribution in [0.1, 0.15) is 31.0 Å². The summed E-state index contributed by atoms with van der Waals surface area (Å²) >= 11 is 1.29. The predicted octanol–water partition coefficient (Wildman–Crippen LogP) is 2.11. The van der Waals surface area contributed by atoms with E-state index in [1.165, 1.54) is 24.6 Å². The minimum Gasteiger partial charge on any atom is -0.481 e. The van der Waals surface area contributed by atoms with Gasteiger partial charge in [-0.05, 0) is 32.1 Å². The molecule has 6 heteroatoms. The molecule has 0 amide bonds. The van der Waals surface area contributed by atoms with E-state index in [4.69, 9.17) is 9.84 Å². The highest BCUT2D eigenvalue weighted by Crippen LogP contribution is 2.44. The standard InChI is InChI=1S/C13H18N2O3S/c1-8-6-15(13(14-8)19-7-11(16)17)10-4-5-18-12(10)9-2-3-9/h6,9-10,12H,2-5,7H2,1H3,(H,16,17). The minimum absolute atomic E-state index is 0.0537. The summed E-state index contributed by atoms with van der Waals surface area (Å²) in [6.07, 6.45) is 5.83. The van der Waals surface area contributed by atoms with Gasteiger partial charge in [0.1, 0.15) is 0 Å². The third kappa shape index (κ3) is 2.79. The highest BCUT2D eigenvalue weighted by Gasteiger charge is 2.42. The zero-order valence-electron chi connectivity index (χ0n) is 10.9. The Balaban J connectivity index is 1.80. The van der Waals surface area contributed by atoms with Crippen LogP contribution in [0.4, 0.5) is 0 Å². The Morgan fingerprint density at radius 1 is 1.58 bits per heavy atom. The summed E-state index contributed by atoms with van der Waals surface area (Å²) in [5, 5.41) is 9.61. The van der Waals surface area contributed by atoms with Gasteiger partial charge in [0.2, 0.25) is 0 Å². The van der Waals surface area contributed by atoms with Gasteiger partial charge in [-0.25, -0.2) is 4.98 Å². The van der Waals surface area contributed by atoms with Gasteiger partial charge >= 0.3 is 5.97 Å². The highest BCUT2D eigenvalue weighted by atomic mass is 32.2. The van der Waals surface area contributed by atoms with Crippen LogP contribution < -0.4 is 0 Å². The lowest BCUT2D eigenvalue weighted by atomic mass is 10.1. The van der Waals surface area contributed by atoms with Crippen molar-refractivity contribution in [1.29, 1.82) is 0 Å². The number of aryl methyl sites for hydroxylation is 1. The number of aromatic nitrogens is 2. The first kappa shape index (κ1) is 13.0. The van der Waals surface area contributed by atoms with E-state index < -0.39 is 5.97 Å². The fraction of sp³-hybridized carbons (Fsp3) is 0.692. The van der Waals surface area contributed by atoms with E-state index >= 15 is 0 Å². The molecule has 19 heavy (non-hydrogen) atoms. The van der Waals surface area contributed by atoms with Gasteiger partial charge < -0.3 is 14.4 Å². The maximum atomic E-state index is 10.7. The van der Waals surface area contributed by atoms with E-state index in [-0.39, 0.29) is 11.9 Å². The van der Waals surface area contributed by atoms with Gasteiger partial charge in [-0.2, -0.15) is 0 Å². The zero-order valence-corrected chi connectivity index (χ0v) is 11.7. The number of hydrogen-bond donors (Lipinski definition) is 1. The van der Waals surface area contributed by atoms with E-state index in [2.05, 4.69) is 9.55 Å². The molecule has 0 spiro atoms. The third-order valence-electron chi connectivity index (χ3n) is 3.69. The molecule has 2 heterocycles. The second-order valence-electron chi connectivity index (χ2n) is 5.28. The first-order valence-electron chi connectivity index (χ1n) is 6.67. The van der Waals surface area contributed by atoms with Crippen LogP contribution >= 0.6 is 11.8 Å². The Bertz CT molecular complexity index is 484. The second-order valence-corrected chi connectivity index (χ2v) is 6.23. The second kappa shape index (κ2) is 5.17. The van der Waals surface area contributed by atoms with Gasteiger partial charge in [0.05, 0.1) is 23.6 Å². The molecule has 1 aliphatic carbocycles. The lowest BCUT2D eigenvalue weighted by Crippen LogP contribution is -2.22. The van der Waals surface area contributed by atoms with Crippen molar-refractivity contribution in [3.8, 4) is 0 Å². The van der Waals surface area contributed by atoms with E-state index in [9.17, 15) is 4.79 Å². The van der Waals surface area contributed by atoms with Crippen molar-refractivity contribution in [3.63, 3.8) is 0 Å². The number of carbonyl (C=O) groups is 1. The number of carboxylic acids is 1. The van der Waals surface area contributed by atoms with Crippen LogP contribution in [0.3, 0.4) is 0 Å². The Morgan fingerprint density at radius 3 is 3.05 bits per heavy atom. The fourth-order valence-corrected chi connectivity index (χ4v) is 3.54. The van der Waals surface area contributed by atoms with Crippen LogP contribution in [0.2, 0.25) is 0 Å². The molecule has 2 fully saturated rings. The molecule has 3 rings (SSSR count).